The summed E-state index contributed by atoms with van der Waals surface area (Å²) in [5.41, 5.74) is 1.56. The van der Waals surface area contributed by atoms with Crippen LogP contribution >= 0.6 is 59.6 Å². The summed E-state index contributed by atoms with van der Waals surface area (Å²) in [4.78, 5) is 0. The molecule has 0 saturated carbocycles. The molecule has 1 aromatic rings. The Bertz CT molecular complexity index is 395. The lowest BCUT2D eigenvalue weighted by Gasteiger charge is -2.32. The lowest BCUT2D eigenvalue weighted by atomic mass is 9.82. The highest BCUT2D eigenvalue weighted by molar-refractivity contribution is 9.10. The van der Waals surface area contributed by atoms with Crippen molar-refractivity contribution >= 4 is 59.6 Å². The van der Waals surface area contributed by atoms with Crippen LogP contribution in [-0.4, -0.2) is 21.2 Å². The number of rotatable bonds is 6. The first-order valence-electron chi connectivity index (χ1n) is 6.35. The van der Waals surface area contributed by atoms with Gasteiger partial charge < -0.3 is 0 Å². The summed E-state index contributed by atoms with van der Waals surface area (Å²) in [6.45, 7) is 6.84. The molecule has 0 amide bonds. The second-order valence-electron chi connectivity index (χ2n) is 5.77. The summed E-state index contributed by atoms with van der Waals surface area (Å²) in [5.74, 6) is 1.17. The number of alkyl halides is 2. The van der Waals surface area contributed by atoms with Crippen molar-refractivity contribution in [3.8, 4) is 0 Å². The molecule has 0 heterocycles. The predicted octanol–water partition coefficient (Wildman–Crippen LogP) is 6.40. The molecule has 0 radical (unpaired) electrons. The molecule has 0 aliphatic rings. The maximum Gasteiger partial charge on any atom is 0.0178 e. The maximum atomic E-state index is 3.72. The van der Waals surface area contributed by atoms with Crippen LogP contribution in [0, 0.1) is 0 Å². The van der Waals surface area contributed by atoms with E-state index < -0.39 is 0 Å². The van der Waals surface area contributed by atoms with E-state index in [1.165, 1.54) is 17.7 Å². The minimum Gasteiger partial charge on any atom is -0.156 e. The largest absolute Gasteiger partial charge is 0.156 e. The van der Waals surface area contributed by atoms with E-state index in [-0.39, 0.29) is 5.41 Å². The fraction of sp³-hybridized carbons (Fsp3) is 0.600. The van der Waals surface area contributed by atoms with Crippen molar-refractivity contribution in [2.45, 2.75) is 37.4 Å². The standard InChI is InChI=1S/C15H21Br3S/c1-14(2,3)19-8-7-15(10-16,11-17)12-5-4-6-13(18)9-12/h4-6,9H,7-8,10-11H2,1-3H3. The van der Waals surface area contributed by atoms with E-state index in [2.05, 4.69) is 92.8 Å². The first-order chi connectivity index (χ1) is 8.83. The minimum atomic E-state index is 0.169. The molecule has 19 heavy (non-hydrogen) atoms. The second-order valence-corrected chi connectivity index (χ2v) is 9.73. The summed E-state index contributed by atoms with van der Waals surface area (Å²) < 4.78 is 1.49. The summed E-state index contributed by atoms with van der Waals surface area (Å²) >= 11 is 13.1. The molecule has 0 aromatic heterocycles. The number of benzene rings is 1. The third kappa shape index (κ3) is 5.72. The molecular weight excluding hydrogens is 452 g/mol. The van der Waals surface area contributed by atoms with Gasteiger partial charge in [0.05, 0.1) is 0 Å². The first-order valence-corrected chi connectivity index (χ1v) is 10.4. The second kappa shape index (κ2) is 7.86. The van der Waals surface area contributed by atoms with E-state index >= 15 is 0 Å². The zero-order valence-electron chi connectivity index (χ0n) is 11.7. The van der Waals surface area contributed by atoms with E-state index in [1.54, 1.807) is 0 Å². The van der Waals surface area contributed by atoms with Gasteiger partial charge in [0, 0.05) is 25.3 Å². The third-order valence-electron chi connectivity index (χ3n) is 3.06. The number of halogens is 3. The van der Waals surface area contributed by atoms with Crippen molar-refractivity contribution in [1.82, 2.24) is 0 Å². The van der Waals surface area contributed by atoms with Crippen molar-refractivity contribution < 1.29 is 0 Å². The van der Waals surface area contributed by atoms with Gasteiger partial charge in [0.25, 0.3) is 0 Å². The van der Waals surface area contributed by atoms with Gasteiger partial charge in [-0.2, -0.15) is 11.8 Å². The van der Waals surface area contributed by atoms with Gasteiger partial charge in [-0.3, -0.25) is 0 Å². The van der Waals surface area contributed by atoms with Crippen LogP contribution in [-0.2, 0) is 5.41 Å². The third-order valence-corrected chi connectivity index (χ3v) is 6.98. The molecule has 108 valence electrons. The first kappa shape index (κ1) is 18.1. The molecule has 1 rings (SSSR count). The highest BCUT2D eigenvalue weighted by Gasteiger charge is 2.30. The lowest BCUT2D eigenvalue weighted by Crippen LogP contribution is -2.31. The van der Waals surface area contributed by atoms with Crippen molar-refractivity contribution in [2.24, 2.45) is 0 Å². The van der Waals surface area contributed by atoms with Gasteiger partial charge in [0.15, 0.2) is 0 Å². The van der Waals surface area contributed by atoms with Gasteiger partial charge in [0.2, 0.25) is 0 Å². The fourth-order valence-corrected chi connectivity index (χ4v) is 5.48. The maximum absolute atomic E-state index is 3.72. The molecule has 4 heteroatoms. The Balaban J connectivity index is 2.85. The quantitative estimate of drug-likeness (QED) is 0.432. The van der Waals surface area contributed by atoms with Gasteiger partial charge in [-0.25, -0.2) is 0 Å². The normalized spacial score (nSPS) is 12.7. The molecular formula is C15H21Br3S. The summed E-state index contributed by atoms with van der Waals surface area (Å²) in [5, 5.41) is 1.96. The molecule has 0 unspecified atom stereocenters. The van der Waals surface area contributed by atoms with Crippen LogP contribution in [0.25, 0.3) is 0 Å². The van der Waals surface area contributed by atoms with Crippen LogP contribution in [0.15, 0.2) is 28.7 Å². The minimum absolute atomic E-state index is 0.169. The molecule has 0 aliphatic heterocycles. The topological polar surface area (TPSA) is 0 Å². The van der Waals surface area contributed by atoms with Gasteiger partial charge >= 0.3 is 0 Å². The van der Waals surface area contributed by atoms with Crippen LogP contribution in [0.3, 0.4) is 0 Å². The van der Waals surface area contributed by atoms with Crippen LogP contribution in [0.2, 0.25) is 0 Å². The van der Waals surface area contributed by atoms with Gasteiger partial charge in [-0.1, -0.05) is 80.7 Å². The SMILES string of the molecule is CC(C)(C)SCCC(CBr)(CBr)c1cccc(Br)c1. The summed E-state index contributed by atoms with van der Waals surface area (Å²) in [7, 11) is 0. The van der Waals surface area contributed by atoms with Crippen LogP contribution in [0.4, 0.5) is 0 Å². The predicted molar refractivity (Wildman–Crippen MR) is 100 cm³/mol. The van der Waals surface area contributed by atoms with Crippen LogP contribution in [0.5, 0.6) is 0 Å². The van der Waals surface area contributed by atoms with Crippen LogP contribution < -0.4 is 0 Å². The van der Waals surface area contributed by atoms with Gasteiger partial charge in [-0.15, -0.1) is 0 Å². The highest BCUT2D eigenvalue weighted by atomic mass is 79.9. The van der Waals surface area contributed by atoms with E-state index in [4.69, 9.17) is 0 Å². The zero-order chi connectivity index (χ0) is 14.5. The average molecular weight is 473 g/mol. The number of thioether (sulfide) groups is 1. The van der Waals surface area contributed by atoms with E-state index in [0.29, 0.717) is 4.75 Å². The zero-order valence-corrected chi connectivity index (χ0v) is 17.3. The Kier molecular flexibility index (Phi) is 7.47. The molecule has 1 aromatic carbocycles. The smallest absolute Gasteiger partial charge is 0.0178 e. The number of hydrogen-bond donors (Lipinski definition) is 0. The average Bonchev–Trinajstić information content (AvgIpc) is 2.34. The van der Waals surface area contributed by atoms with Gasteiger partial charge in [-0.05, 0) is 29.9 Å². The van der Waals surface area contributed by atoms with Crippen molar-refractivity contribution in [3.63, 3.8) is 0 Å². The molecule has 0 fully saturated rings. The van der Waals surface area contributed by atoms with Crippen molar-refractivity contribution in [3.05, 3.63) is 34.3 Å². The highest BCUT2D eigenvalue weighted by Crippen LogP contribution is 2.36. The van der Waals surface area contributed by atoms with Crippen LogP contribution in [0.1, 0.15) is 32.8 Å². The summed E-state index contributed by atoms with van der Waals surface area (Å²) in [6.07, 6.45) is 1.17. The molecule has 0 nitrogen and oxygen atoms in total. The molecule has 0 saturated heterocycles. The Hall–Kier alpha value is 1.01. The molecule has 0 spiro atoms. The Labute approximate surface area is 146 Å². The van der Waals surface area contributed by atoms with Gasteiger partial charge in [0.1, 0.15) is 0 Å². The molecule has 0 N–H and O–H groups in total. The van der Waals surface area contributed by atoms with E-state index in [0.717, 1.165) is 15.1 Å². The fourth-order valence-electron chi connectivity index (χ4n) is 1.84. The monoisotopic (exact) mass is 470 g/mol. The van der Waals surface area contributed by atoms with Crippen molar-refractivity contribution in [2.75, 3.05) is 16.4 Å². The Morgan fingerprint density at radius 2 is 1.74 bits per heavy atom. The number of hydrogen-bond acceptors (Lipinski definition) is 1. The van der Waals surface area contributed by atoms with Crippen molar-refractivity contribution in [1.29, 1.82) is 0 Å². The summed E-state index contributed by atoms with van der Waals surface area (Å²) in [6, 6.07) is 8.68. The Morgan fingerprint density at radius 3 is 2.21 bits per heavy atom. The molecule has 0 bridgehead atoms. The Morgan fingerprint density at radius 1 is 1.11 bits per heavy atom. The molecule has 0 atom stereocenters. The molecule has 0 aliphatic carbocycles. The van der Waals surface area contributed by atoms with E-state index in [9.17, 15) is 0 Å². The lowest BCUT2D eigenvalue weighted by molar-refractivity contribution is 0.537. The van der Waals surface area contributed by atoms with E-state index in [1.807, 2.05) is 11.8 Å².